The fraction of sp³-hybridized carbons (Fsp3) is 0.300. The van der Waals surface area contributed by atoms with Crippen LogP contribution in [0.4, 0.5) is 5.95 Å². The van der Waals surface area contributed by atoms with E-state index < -0.39 is 0 Å². The molecule has 4 aromatic rings. The molecule has 0 radical (unpaired) electrons. The fourth-order valence-corrected chi connectivity index (χ4v) is 3.91. The van der Waals surface area contributed by atoms with Gasteiger partial charge in [0.1, 0.15) is 6.61 Å². The van der Waals surface area contributed by atoms with Crippen molar-refractivity contribution in [1.82, 2.24) is 24.5 Å². The van der Waals surface area contributed by atoms with Crippen LogP contribution in [-0.2, 0) is 11.3 Å². The number of hydrogen-bond donors (Lipinski definition) is 0. The molecule has 0 spiro atoms. The third-order valence-corrected chi connectivity index (χ3v) is 5.44. The van der Waals surface area contributed by atoms with Gasteiger partial charge in [-0.3, -0.25) is 4.79 Å². The van der Waals surface area contributed by atoms with Crippen LogP contribution in [0, 0.1) is 0 Å². The first-order chi connectivity index (χ1) is 14.7. The Morgan fingerprint density at radius 1 is 1.20 bits per heavy atom. The summed E-state index contributed by atoms with van der Waals surface area (Å²) in [5.74, 6) is 1.63. The first kappa shape index (κ1) is 18.8. The lowest BCUT2D eigenvalue weighted by molar-refractivity contribution is 0.0714. The molecule has 0 unspecified atom stereocenters. The molecule has 0 bridgehead atoms. The summed E-state index contributed by atoms with van der Waals surface area (Å²) in [5.41, 5.74) is 1.45. The van der Waals surface area contributed by atoms with Crippen molar-refractivity contribution in [3.05, 3.63) is 53.2 Å². The van der Waals surface area contributed by atoms with Crippen molar-refractivity contribution in [3.8, 4) is 0 Å². The number of amides is 1. The normalized spacial score (nSPS) is 14.7. The zero-order valence-electron chi connectivity index (χ0n) is 16.3. The molecule has 5 rings (SSSR count). The number of carbonyl (C=O) groups excluding carboxylic acids is 1. The highest BCUT2D eigenvalue weighted by Crippen LogP contribution is 2.27. The second-order valence-electron chi connectivity index (χ2n) is 7.04. The molecule has 9 nitrogen and oxygen atoms in total. The maximum atomic E-state index is 12.6. The topological polar surface area (TPSA) is 89.0 Å². The van der Waals surface area contributed by atoms with Gasteiger partial charge in [0.25, 0.3) is 5.91 Å². The van der Waals surface area contributed by atoms with Crippen molar-refractivity contribution in [2.24, 2.45) is 0 Å². The molecule has 0 saturated carbocycles. The Morgan fingerprint density at radius 2 is 2.03 bits per heavy atom. The number of hydrogen-bond acceptors (Lipinski definition) is 7. The van der Waals surface area contributed by atoms with Crippen LogP contribution in [0.3, 0.4) is 0 Å². The van der Waals surface area contributed by atoms with Crippen LogP contribution in [0.2, 0.25) is 5.02 Å². The Bertz CT molecular complexity index is 1210. The van der Waals surface area contributed by atoms with Crippen LogP contribution < -0.4 is 4.90 Å². The monoisotopic (exact) mass is 426 g/mol. The Hall–Kier alpha value is -3.17. The first-order valence-electron chi connectivity index (χ1n) is 9.55. The van der Waals surface area contributed by atoms with E-state index in [1.165, 1.54) is 6.26 Å². The number of methoxy groups -OCH3 is 1. The van der Waals surface area contributed by atoms with E-state index in [0.717, 1.165) is 10.9 Å². The Balaban J connectivity index is 1.51. The van der Waals surface area contributed by atoms with E-state index in [0.29, 0.717) is 61.0 Å². The van der Waals surface area contributed by atoms with Gasteiger partial charge in [-0.1, -0.05) is 11.6 Å². The summed E-state index contributed by atoms with van der Waals surface area (Å²) in [6.07, 6.45) is 1.51. The van der Waals surface area contributed by atoms with Gasteiger partial charge in [0.15, 0.2) is 17.2 Å². The number of halogens is 1. The number of aromatic nitrogens is 4. The lowest BCUT2D eigenvalue weighted by Crippen LogP contribution is -2.49. The molecule has 1 aliphatic rings. The Labute approximate surface area is 176 Å². The van der Waals surface area contributed by atoms with Crippen LogP contribution in [0.5, 0.6) is 0 Å². The molecule has 1 fully saturated rings. The number of furan rings is 1. The minimum atomic E-state index is -0.104. The van der Waals surface area contributed by atoms with Crippen LogP contribution in [0.25, 0.3) is 16.6 Å². The molecule has 1 aromatic carbocycles. The van der Waals surface area contributed by atoms with Gasteiger partial charge in [-0.05, 0) is 30.3 Å². The number of benzene rings is 1. The molecule has 10 heteroatoms. The van der Waals surface area contributed by atoms with Crippen LogP contribution in [-0.4, -0.2) is 63.7 Å². The molecule has 0 atom stereocenters. The third kappa shape index (κ3) is 3.16. The smallest absolute Gasteiger partial charge is 0.289 e. The van der Waals surface area contributed by atoms with E-state index in [2.05, 4.69) is 15.1 Å². The van der Waals surface area contributed by atoms with E-state index in [1.807, 2.05) is 22.6 Å². The van der Waals surface area contributed by atoms with Gasteiger partial charge in [-0.15, -0.1) is 10.2 Å². The van der Waals surface area contributed by atoms with Crippen LogP contribution in [0.15, 0.2) is 41.0 Å². The van der Waals surface area contributed by atoms with E-state index in [4.69, 9.17) is 25.7 Å². The summed E-state index contributed by atoms with van der Waals surface area (Å²) in [5, 5.41) is 10.1. The van der Waals surface area contributed by atoms with Gasteiger partial charge in [0, 0.05) is 43.7 Å². The SMILES string of the molecule is COCc1nnc2c3ccc(Cl)cc3nc(N3CCN(C(=O)c4ccco4)CC3)n12. The quantitative estimate of drug-likeness (QED) is 0.495. The number of fused-ring (bicyclic) bond motifs is 3. The van der Waals surface area contributed by atoms with Gasteiger partial charge in [-0.2, -0.15) is 0 Å². The summed E-state index contributed by atoms with van der Waals surface area (Å²) >= 11 is 6.20. The molecular formula is C20H19ClN6O3. The van der Waals surface area contributed by atoms with Gasteiger partial charge >= 0.3 is 0 Å². The van der Waals surface area contributed by atoms with E-state index in [-0.39, 0.29) is 5.91 Å². The average Bonchev–Trinajstić information content (AvgIpc) is 3.44. The van der Waals surface area contributed by atoms with Gasteiger partial charge in [0.2, 0.25) is 5.95 Å². The zero-order chi connectivity index (χ0) is 20.7. The average molecular weight is 427 g/mol. The van der Waals surface area contributed by atoms with Crippen molar-refractivity contribution in [1.29, 1.82) is 0 Å². The standard InChI is InChI=1S/C20H19ClN6O3/c1-29-12-17-23-24-18-14-5-4-13(21)11-15(14)22-20(27(17)18)26-8-6-25(7-9-26)19(28)16-3-2-10-30-16/h2-5,10-11H,6-9,12H2,1H3. The maximum absolute atomic E-state index is 12.6. The molecule has 0 N–H and O–H groups in total. The third-order valence-electron chi connectivity index (χ3n) is 5.21. The molecule has 4 heterocycles. The minimum absolute atomic E-state index is 0.104. The number of anilines is 1. The summed E-state index contributed by atoms with van der Waals surface area (Å²) in [4.78, 5) is 21.3. The highest BCUT2D eigenvalue weighted by Gasteiger charge is 2.27. The fourth-order valence-electron chi connectivity index (χ4n) is 3.75. The second-order valence-corrected chi connectivity index (χ2v) is 7.47. The van der Waals surface area contributed by atoms with Crippen molar-refractivity contribution < 1.29 is 13.9 Å². The van der Waals surface area contributed by atoms with E-state index in [1.54, 1.807) is 24.1 Å². The Kier molecular flexibility index (Phi) is 4.76. The maximum Gasteiger partial charge on any atom is 0.289 e. The van der Waals surface area contributed by atoms with Crippen molar-refractivity contribution in [2.75, 3.05) is 38.2 Å². The van der Waals surface area contributed by atoms with Crippen molar-refractivity contribution >= 4 is 40.0 Å². The van der Waals surface area contributed by atoms with E-state index >= 15 is 0 Å². The first-order valence-corrected chi connectivity index (χ1v) is 9.93. The number of carbonyl (C=O) groups is 1. The van der Waals surface area contributed by atoms with Crippen LogP contribution >= 0.6 is 11.6 Å². The summed E-state index contributed by atoms with van der Waals surface area (Å²) in [6, 6.07) is 8.93. The number of ether oxygens (including phenoxy) is 1. The minimum Gasteiger partial charge on any atom is -0.459 e. The molecular weight excluding hydrogens is 408 g/mol. The Morgan fingerprint density at radius 3 is 2.77 bits per heavy atom. The molecule has 154 valence electrons. The molecule has 3 aromatic heterocycles. The molecule has 1 saturated heterocycles. The zero-order valence-corrected chi connectivity index (χ0v) is 17.0. The van der Waals surface area contributed by atoms with Gasteiger partial charge in [-0.25, -0.2) is 9.38 Å². The van der Waals surface area contributed by atoms with Crippen molar-refractivity contribution in [3.63, 3.8) is 0 Å². The second kappa shape index (κ2) is 7.58. The largest absolute Gasteiger partial charge is 0.459 e. The highest BCUT2D eigenvalue weighted by molar-refractivity contribution is 6.31. The number of rotatable bonds is 4. The van der Waals surface area contributed by atoms with Gasteiger partial charge < -0.3 is 19.0 Å². The van der Waals surface area contributed by atoms with E-state index in [9.17, 15) is 4.79 Å². The molecule has 30 heavy (non-hydrogen) atoms. The molecule has 1 amide bonds. The number of piperazine rings is 1. The lowest BCUT2D eigenvalue weighted by Gasteiger charge is -2.35. The molecule has 0 aliphatic carbocycles. The highest BCUT2D eigenvalue weighted by atomic mass is 35.5. The predicted molar refractivity (Wildman–Crippen MR) is 111 cm³/mol. The van der Waals surface area contributed by atoms with Gasteiger partial charge in [0.05, 0.1) is 11.8 Å². The lowest BCUT2D eigenvalue weighted by atomic mass is 10.2. The van der Waals surface area contributed by atoms with Crippen LogP contribution in [0.1, 0.15) is 16.4 Å². The number of nitrogens with zero attached hydrogens (tertiary/aromatic N) is 6. The molecule has 1 aliphatic heterocycles. The summed E-state index contributed by atoms with van der Waals surface area (Å²) in [7, 11) is 1.62. The van der Waals surface area contributed by atoms with Crippen molar-refractivity contribution in [2.45, 2.75) is 6.61 Å². The predicted octanol–water partition coefficient (Wildman–Crippen LogP) is 2.63. The summed E-state index contributed by atoms with van der Waals surface area (Å²) in [6.45, 7) is 2.65. The summed E-state index contributed by atoms with van der Waals surface area (Å²) < 4.78 is 12.5.